The lowest BCUT2D eigenvalue weighted by atomic mass is 10.3. The van der Waals surface area contributed by atoms with Crippen molar-refractivity contribution in [2.45, 2.75) is 32.5 Å². The van der Waals surface area contributed by atoms with Crippen molar-refractivity contribution in [1.82, 2.24) is 5.32 Å². The summed E-state index contributed by atoms with van der Waals surface area (Å²) in [6.45, 7) is 6.34. The van der Waals surface area contributed by atoms with E-state index in [0.717, 1.165) is 19.5 Å². The van der Waals surface area contributed by atoms with Gasteiger partial charge in [-0.2, -0.15) is 0 Å². The van der Waals surface area contributed by atoms with Gasteiger partial charge in [0.2, 0.25) is 0 Å². The van der Waals surface area contributed by atoms with E-state index in [9.17, 15) is 0 Å². The summed E-state index contributed by atoms with van der Waals surface area (Å²) >= 11 is 0. The van der Waals surface area contributed by atoms with Gasteiger partial charge in [-0.05, 0) is 26.8 Å². The second kappa shape index (κ2) is 3.18. The van der Waals surface area contributed by atoms with E-state index in [0.29, 0.717) is 12.2 Å². The zero-order valence-electron chi connectivity index (χ0n) is 6.18. The molecule has 1 heterocycles. The topological polar surface area (TPSA) is 21.3 Å². The molecular formula is C7H15NO. The van der Waals surface area contributed by atoms with Gasteiger partial charge in [-0.15, -0.1) is 0 Å². The van der Waals surface area contributed by atoms with Crippen molar-refractivity contribution in [2.24, 2.45) is 0 Å². The molecule has 0 unspecified atom stereocenters. The van der Waals surface area contributed by atoms with E-state index >= 15 is 0 Å². The molecule has 0 radical (unpaired) electrons. The minimum Gasteiger partial charge on any atom is -0.374 e. The smallest absolute Gasteiger partial charge is 0.0674 e. The molecule has 0 spiro atoms. The molecule has 1 aliphatic rings. The van der Waals surface area contributed by atoms with Crippen LogP contribution in [0.15, 0.2) is 0 Å². The quantitative estimate of drug-likeness (QED) is 0.521. The fourth-order valence-corrected chi connectivity index (χ4v) is 1.12. The molecule has 2 heteroatoms. The third-order valence-corrected chi connectivity index (χ3v) is 1.62. The molecule has 0 aromatic rings. The molecule has 1 fully saturated rings. The van der Waals surface area contributed by atoms with Crippen LogP contribution in [-0.2, 0) is 4.74 Å². The minimum absolute atomic E-state index is 0.391. The molecule has 2 nitrogen and oxygen atoms in total. The molecule has 54 valence electrons. The first-order valence-electron chi connectivity index (χ1n) is 3.65. The Kier molecular flexibility index (Phi) is 2.49. The Labute approximate surface area is 56.6 Å². The average molecular weight is 129 g/mol. The van der Waals surface area contributed by atoms with Gasteiger partial charge in [-0.25, -0.2) is 0 Å². The van der Waals surface area contributed by atoms with Crippen molar-refractivity contribution in [2.75, 3.05) is 13.1 Å². The molecule has 2 atom stereocenters. The zero-order valence-corrected chi connectivity index (χ0v) is 6.18. The van der Waals surface area contributed by atoms with E-state index in [-0.39, 0.29) is 0 Å². The van der Waals surface area contributed by atoms with Crippen molar-refractivity contribution in [3.63, 3.8) is 0 Å². The first kappa shape index (κ1) is 7.03. The lowest BCUT2D eigenvalue weighted by molar-refractivity contribution is 0.0202. The second-order valence-electron chi connectivity index (χ2n) is 2.75. The summed E-state index contributed by atoms with van der Waals surface area (Å²) in [5.74, 6) is 0. The van der Waals surface area contributed by atoms with Crippen molar-refractivity contribution in [3.8, 4) is 0 Å². The van der Waals surface area contributed by atoms with E-state index in [1.54, 1.807) is 0 Å². The third kappa shape index (κ3) is 2.33. The molecule has 1 aliphatic heterocycles. The highest BCUT2D eigenvalue weighted by molar-refractivity contribution is 4.64. The van der Waals surface area contributed by atoms with Gasteiger partial charge in [0, 0.05) is 6.54 Å². The first-order chi connectivity index (χ1) is 4.29. The van der Waals surface area contributed by atoms with Crippen LogP contribution in [0.3, 0.4) is 0 Å². The summed E-state index contributed by atoms with van der Waals surface area (Å²) in [5.41, 5.74) is 0. The summed E-state index contributed by atoms with van der Waals surface area (Å²) in [6, 6.07) is 0. The lowest BCUT2D eigenvalue weighted by Gasteiger charge is -2.12. The fourth-order valence-electron chi connectivity index (χ4n) is 1.12. The predicted octanol–water partition coefficient (Wildman–Crippen LogP) is 0.773. The van der Waals surface area contributed by atoms with Crippen LogP contribution in [0.2, 0.25) is 0 Å². The molecule has 0 aromatic carbocycles. The Morgan fingerprint density at radius 2 is 2.11 bits per heavy atom. The highest BCUT2D eigenvalue weighted by atomic mass is 16.5. The maximum absolute atomic E-state index is 5.55. The number of ether oxygens (including phenoxy) is 1. The van der Waals surface area contributed by atoms with Crippen LogP contribution in [0.4, 0.5) is 0 Å². The standard InChI is InChI=1S/C7H15NO/c1-6-3-4-8-5-7(2)9-6/h6-8H,3-5H2,1-2H3/t6-,7-/m1/s1. The molecule has 1 N–H and O–H groups in total. The number of hydrogen-bond donors (Lipinski definition) is 1. The molecule has 0 saturated carbocycles. The van der Waals surface area contributed by atoms with Crippen LogP contribution in [-0.4, -0.2) is 25.3 Å². The van der Waals surface area contributed by atoms with Crippen LogP contribution >= 0.6 is 0 Å². The average Bonchev–Trinajstić information content (AvgIpc) is 1.93. The van der Waals surface area contributed by atoms with Crippen molar-refractivity contribution in [1.29, 1.82) is 0 Å². The largest absolute Gasteiger partial charge is 0.374 e. The summed E-state index contributed by atoms with van der Waals surface area (Å²) in [7, 11) is 0. The summed E-state index contributed by atoms with van der Waals surface area (Å²) < 4.78 is 5.55. The van der Waals surface area contributed by atoms with E-state index in [1.165, 1.54) is 0 Å². The van der Waals surface area contributed by atoms with Gasteiger partial charge in [0.25, 0.3) is 0 Å². The van der Waals surface area contributed by atoms with Gasteiger partial charge in [0.1, 0.15) is 0 Å². The Bertz CT molecular complexity index is 75.0. The van der Waals surface area contributed by atoms with Gasteiger partial charge < -0.3 is 10.1 Å². The van der Waals surface area contributed by atoms with E-state index in [1.807, 2.05) is 0 Å². The molecule has 9 heavy (non-hydrogen) atoms. The van der Waals surface area contributed by atoms with E-state index in [2.05, 4.69) is 19.2 Å². The molecule has 0 aliphatic carbocycles. The van der Waals surface area contributed by atoms with Gasteiger partial charge in [-0.3, -0.25) is 0 Å². The summed E-state index contributed by atoms with van der Waals surface area (Å²) in [6.07, 6.45) is 1.97. The maximum atomic E-state index is 5.55. The molecule has 0 amide bonds. The predicted molar refractivity (Wildman–Crippen MR) is 37.5 cm³/mol. The van der Waals surface area contributed by atoms with E-state index in [4.69, 9.17) is 4.74 Å². The van der Waals surface area contributed by atoms with Gasteiger partial charge in [-0.1, -0.05) is 0 Å². The minimum atomic E-state index is 0.391. The fraction of sp³-hybridized carbons (Fsp3) is 1.00. The van der Waals surface area contributed by atoms with Gasteiger partial charge in [0.15, 0.2) is 0 Å². The summed E-state index contributed by atoms with van der Waals surface area (Å²) in [4.78, 5) is 0. The van der Waals surface area contributed by atoms with Crippen LogP contribution < -0.4 is 5.32 Å². The molecular weight excluding hydrogens is 114 g/mol. The van der Waals surface area contributed by atoms with Gasteiger partial charge in [0.05, 0.1) is 12.2 Å². The Hall–Kier alpha value is -0.0800. The monoisotopic (exact) mass is 129 g/mol. The number of hydrogen-bond acceptors (Lipinski definition) is 2. The summed E-state index contributed by atoms with van der Waals surface area (Å²) in [5, 5.41) is 3.30. The van der Waals surface area contributed by atoms with Crippen molar-refractivity contribution < 1.29 is 4.74 Å². The van der Waals surface area contributed by atoms with Crippen molar-refractivity contribution in [3.05, 3.63) is 0 Å². The van der Waals surface area contributed by atoms with Gasteiger partial charge >= 0.3 is 0 Å². The van der Waals surface area contributed by atoms with E-state index < -0.39 is 0 Å². The molecule has 1 saturated heterocycles. The van der Waals surface area contributed by atoms with Crippen LogP contribution in [0, 0.1) is 0 Å². The normalized spacial score (nSPS) is 38.0. The second-order valence-corrected chi connectivity index (χ2v) is 2.75. The Balaban J connectivity index is 2.29. The number of rotatable bonds is 0. The van der Waals surface area contributed by atoms with Crippen molar-refractivity contribution >= 4 is 0 Å². The highest BCUT2D eigenvalue weighted by Crippen LogP contribution is 2.03. The molecule has 0 aromatic heterocycles. The molecule has 0 bridgehead atoms. The lowest BCUT2D eigenvalue weighted by Crippen LogP contribution is -2.23. The van der Waals surface area contributed by atoms with Crippen LogP contribution in [0.1, 0.15) is 20.3 Å². The third-order valence-electron chi connectivity index (χ3n) is 1.62. The van der Waals surface area contributed by atoms with Crippen LogP contribution in [0.25, 0.3) is 0 Å². The zero-order chi connectivity index (χ0) is 6.69. The van der Waals surface area contributed by atoms with Crippen LogP contribution in [0.5, 0.6) is 0 Å². The number of nitrogens with one attached hydrogen (secondary N) is 1. The molecule has 1 rings (SSSR count). The Morgan fingerprint density at radius 1 is 1.33 bits per heavy atom. The highest BCUT2D eigenvalue weighted by Gasteiger charge is 2.11. The SMILES string of the molecule is C[C@@H]1CCNC[C@@H](C)O1. The first-order valence-corrected chi connectivity index (χ1v) is 3.65. The Morgan fingerprint density at radius 3 is 2.89 bits per heavy atom. The maximum Gasteiger partial charge on any atom is 0.0674 e.